The first kappa shape index (κ1) is 16.8. The third-order valence-electron chi connectivity index (χ3n) is 3.73. The van der Waals surface area contributed by atoms with Crippen molar-refractivity contribution in [3.63, 3.8) is 0 Å². The van der Waals surface area contributed by atoms with E-state index in [2.05, 4.69) is 19.9 Å². The van der Waals surface area contributed by atoms with E-state index in [1.807, 2.05) is 20.8 Å². The molecule has 0 aliphatic rings. The SMILES string of the molecule is Cc1ccc(/C=c2/[nH]c(=O)/c(=C\c3nc[nH]c3C(C)(C)C)[nH]c2=O)o1. The van der Waals surface area contributed by atoms with Crippen LogP contribution >= 0.6 is 0 Å². The summed E-state index contributed by atoms with van der Waals surface area (Å²) in [6.45, 7) is 7.91. The molecule has 0 amide bonds. The monoisotopic (exact) mass is 340 g/mol. The van der Waals surface area contributed by atoms with E-state index >= 15 is 0 Å². The van der Waals surface area contributed by atoms with Crippen LogP contribution in [-0.4, -0.2) is 19.9 Å². The summed E-state index contributed by atoms with van der Waals surface area (Å²) >= 11 is 0. The molecule has 0 aliphatic heterocycles. The molecule has 3 aromatic heterocycles. The van der Waals surface area contributed by atoms with Gasteiger partial charge >= 0.3 is 0 Å². The molecule has 25 heavy (non-hydrogen) atoms. The van der Waals surface area contributed by atoms with Gasteiger partial charge in [-0.25, -0.2) is 4.98 Å². The minimum atomic E-state index is -0.409. The Labute approximate surface area is 143 Å². The third-order valence-corrected chi connectivity index (χ3v) is 3.73. The van der Waals surface area contributed by atoms with Crippen molar-refractivity contribution in [3.8, 4) is 0 Å². The van der Waals surface area contributed by atoms with E-state index < -0.39 is 11.1 Å². The van der Waals surface area contributed by atoms with E-state index in [4.69, 9.17) is 4.42 Å². The highest BCUT2D eigenvalue weighted by Gasteiger charge is 2.19. The van der Waals surface area contributed by atoms with E-state index in [-0.39, 0.29) is 16.1 Å². The van der Waals surface area contributed by atoms with Crippen LogP contribution in [0.5, 0.6) is 0 Å². The fraction of sp³-hybridized carbons (Fsp3) is 0.278. The maximum atomic E-state index is 12.3. The molecule has 0 saturated carbocycles. The van der Waals surface area contributed by atoms with Crippen LogP contribution in [0.1, 0.15) is 43.7 Å². The van der Waals surface area contributed by atoms with Crippen LogP contribution in [-0.2, 0) is 5.41 Å². The summed E-state index contributed by atoms with van der Waals surface area (Å²) in [5, 5.41) is 0.282. The first-order valence-electron chi connectivity index (χ1n) is 7.90. The highest BCUT2D eigenvalue weighted by molar-refractivity contribution is 5.48. The van der Waals surface area contributed by atoms with Crippen molar-refractivity contribution in [1.29, 1.82) is 0 Å². The summed E-state index contributed by atoms with van der Waals surface area (Å²) in [5.41, 5.74) is 0.520. The molecule has 0 spiro atoms. The summed E-state index contributed by atoms with van der Waals surface area (Å²) < 4.78 is 5.40. The fourth-order valence-electron chi connectivity index (χ4n) is 2.52. The van der Waals surface area contributed by atoms with Gasteiger partial charge in [0.1, 0.15) is 22.2 Å². The summed E-state index contributed by atoms with van der Waals surface area (Å²) in [6.07, 6.45) is 4.63. The molecule has 0 unspecified atom stereocenters. The molecule has 3 heterocycles. The van der Waals surface area contributed by atoms with E-state index in [0.717, 1.165) is 11.5 Å². The van der Waals surface area contributed by atoms with Gasteiger partial charge in [-0.2, -0.15) is 0 Å². The number of nitrogens with zero attached hydrogens (tertiary/aromatic N) is 1. The number of aryl methyl sites for hydroxylation is 1. The largest absolute Gasteiger partial charge is 0.462 e. The number of H-pyrrole nitrogens is 3. The first-order chi connectivity index (χ1) is 11.7. The Hall–Kier alpha value is -3.09. The van der Waals surface area contributed by atoms with Gasteiger partial charge in [0.25, 0.3) is 11.1 Å². The highest BCUT2D eigenvalue weighted by atomic mass is 16.3. The molecule has 0 radical (unpaired) electrons. The minimum Gasteiger partial charge on any atom is -0.462 e. The number of aromatic amines is 3. The zero-order chi connectivity index (χ0) is 18.2. The van der Waals surface area contributed by atoms with Crippen molar-refractivity contribution in [3.05, 3.63) is 72.8 Å². The van der Waals surface area contributed by atoms with E-state index in [1.165, 1.54) is 6.08 Å². The Morgan fingerprint density at radius 1 is 1.04 bits per heavy atom. The topological polar surface area (TPSA) is 108 Å². The van der Waals surface area contributed by atoms with Crippen LogP contribution in [0.25, 0.3) is 12.2 Å². The van der Waals surface area contributed by atoms with Crippen LogP contribution < -0.4 is 21.8 Å². The second kappa shape index (κ2) is 6.08. The van der Waals surface area contributed by atoms with Gasteiger partial charge in [-0.15, -0.1) is 0 Å². The second-order valence-electron chi connectivity index (χ2n) is 6.89. The van der Waals surface area contributed by atoms with Crippen LogP contribution in [0.15, 0.2) is 32.5 Å². The number of hydrogen-bond acceptors (Lipinski definition) is 4. The van der Waals surface area contributed by atoms with Gasteiger partial charge in [-0.1, -0.05) is 20.8 Å². The van der Waals surface area contributed by atoms with E-state index in [0.29, 0.717) is 11.5 Å². The zero-order valence-electron chi connectivity index (χ0n) is 14.6. The summed E-state index contributed by atoms with van der Waals surface area (Å²) in [7, 11) is 0. The van der Waals surface area contributed by atoms with Gasteiger partial charge in [0, 0.05) is 17.2 Å². The number of aromatic nitrogens is 4. The van der Waals surface area contributed by atoms with Gasteiger partial charge in [0.2, 0.25) is 0 Å². The van der Waals surface area contributed by atoms with Gasteiger partial charge in [0.15, 0.2) is 0 Å². The maximum absolute atomic E-state index is 12.3. The number of nitrogens with one attached hydrogen (secondary N) is 3. The lowest BCUT2D eigenvalue weighted by Crippen LogP contribution is -2.46. The van der Waals surface area contributed by atoms with Crippen LogP contribution in [0, 0.1) is 6.92 Å². The molecule has 0 aliphatic carbocycles. The summed E-state index contributed by atoms with van der Waals surface area (Å²) in [5.74, 6) is 1.22. The molecule has 7 nitrogen and oxygen atoms in total. The van der Waals surface area contributed by atoms with Crippen molar-refractivity contribution in [2.75, 3.05) is 0 Å². The molecule has 3 N–H and O–H groups in total. The molecule has 0 bridgehead atoms. The molecule has 0 fully saturated rings. The van der Waals surface area contributed by atoms with Crippen molar-refractivity contribution in [1.82, 2.24) is 19.9 Å². The average molecular weight is 340 g/mol. The Morgan fingerprint density at radius 3 is 2.24 bits per heavy atom. The molecule has 0 aromatic carbocycles. The quantitative estimate of drug-likeness (QED) is 0.636. The van der Waals surface area contributed by atoms with E-state index in [9.17, 15) is 9.59 Å². The van der Waals surface area contributed by atoms with Gasteiger partial charge in [-0.3, -0.25) is 9.59 Å². The van der Waals surface area contributed by atoms with Gasteiger partial charge < -0.3 is 19.4 Å². The van der Waals surface area contributed by atoms with Crippen molar-refractivity contribution >= 4 is 12.2 Å². The number of hydrogen-bond donors (Lipinski definition) is 3. The summed E-state index contributed by atoms with van der Waals surface area (Å²) in [6, 6.07) is 3.51. The Bertz CT molecular complexity index is 1140. The third kappa shape index (κ3) is 3.55. The number of furan rings is 1. The lowest BCUT2D eigenvalue weighted by atomic mass is 9.90. The fourth-order valence-corrected chi connectivity index (χ4v) is 2.52. The van der Waals surface area contributed by atoms with Crippen molar-refractivity contribution in [2.45, 2.75) is 33.1 Å². The number of imidazole rings is 1. The van der Waals surface area contributed by atoms with Crippen molar-refractivity contribution < 1.29 is 4.42 Å². The molecule has 7 heteroatoms. The molecule has 0 saturated heterocycles. The predicted molar refractivity (Wildman–Crippen MR) is 94.8 cm³/mol. The second-order valence-corrected chi connectivity index (χ2v) is 6.89. The standard InChI is InChI=1S/C18H20N4O3/c1-10-5-6-11(25-10)7-13-16(23)22-14(17(24)21-13)8-12-15(18(2,3)4)20-9-19-12/h5-9H,1-4H3,(H,19,20)(H,21,24)(H,22,23)/b13-7+,14-8+. The Balaban J connectivity index is 2.14. The van der Waals surface area contributed by atoms with E-state index in [1.54, 1.807) is 31.5 Å². The molecular formula is C18H20N4O3. The maximum Gasteiger partial charge on any atom is 0.272 e. The predicted octanol–water partition coefficient (Wildman–Crippen LogP) is 0.643. The van der Waals surface area contributed by atoms with Crippen LogP contribution in [0.2, 0.25) is 0 Å². The smallest absolute Gasteiger partial charge is 0.272 e. The molecule has 3 aromatic rings. The van der Waals surface area contributed by atoms with Crippen molar-refractivity contribution in [2.24, 2.45) is 0 Å². The zero-order valence-corrected chi connectivity index (χ0v) is 14.6. The molecule has 130 valence electrons. The lowest BCUT2D eigenvalue weighted by Gasteiger charge is -2.16. The average Bonchev–Trinajstić information content (AvgIpc) is 3.13. The molecule has 3 rings (SSSR count). The van der Waals surface area contributed by atoms with Gasteiger partial charge in [0.05, 0.1) is 12.0 Å². The molecular weight excluding hydrogens is 320 g/mol. The normalized spacial score (nSPS) is 13.6. The number of rotatable bonds is 2. The molecule has 0 atom stereocenters. The minimum absolute atomic E-state index is 0.134. The summed E-state index contributed by atoms with van der Waals surface area (Å²) in [4.78, 5) is 37.1. The van der Waals surface area contributed by atoms with Crippen LogP contribution in [0.3, 0.4) is 0 Å². The van der Waals surface area contributed by atoms with Gasteiger partial charge in [-0.05, 0) is 25.1 Å². The Kier molecular flexibility index (Phi) is 4.08. The Morgan fingerprint density at radius 2 is 1.68 bits per heavy atom. The highest BCUT2D eigenvalue weighted by Crippen LogP contribution is 2.22. The van der Waals surface area contributed by atoms with Crippen LogP contribution in [0.4, 0.5) is 0 Å². The lowest BCUT2D eigenvalue weighted by molar-refractivity contribution is 0.524. The first-order valence-corrected chi connectivity index (χ1v) is 7.90.